The average Bonchev–Trinajstić information content (AvgIpc) is 3.06. The van der Waals surface area contributed by atoms with Gasteiger partial charge in [0.25, 0.3) is 5.91 Å². The van der Waals surface area contributed by atoms with Crippen molar-refractivity contribution < 1.29 is 18.7 Å². The molecule has 2 atom stereocenters. The van der Waals surface area contributed by atoms with Crippen LogP contribution < -0.4 is 21.1 Å². The minimum absolute atomic E-state index is 0.138. The zero-order chi connectivity index (χ0) is 32.6. The van der Waals surface area contributed by atoms with E-state index < -0.39 is 17.9 Å². The molecular formula is C38H35ClFN3O3. The molecule has 2 amide bonds. The Bertz CT molecular complexity index is 1850. The number of ether oxygens (including phenoxy) is 1. The summed E-state index contributed by atoms with van der Waals surface area (Å²) in [5, 5.41) is 6.07. The molecule has 6 nitrogen and oxygen atoms in total. The van der Waals surface area contributed by atoms with Gasteiger partial charge in [0.15, 0.2) is 0 Å². The molecule has 1 unspecified atom stereocenters. The predicted octanol–water partition coefficient (Wildman–Crippen LogP) is 8.45. The van der Waals surface area contributed by atoms with Crippen LogP contribution in [0.2, 0.25) is 5.02 Å². The number of nitrogens with one attached hydrogen (secondary N) is 2. The smallest absolute Gasteiger partial charge is 0.258 e. The van der Waals surface area contributed by atoms with Crippen LogP contribution in [-0.4, -0.2) is 17.9 Å². The summed E-state index contributed by atoms with van der Waals surface area (Å²) in [6.07, 6.45) is 0.392. The van der Waals surface area contributed by atoms with E-state index in [4.69, 9.17) is 22.1 Å². The van der Waals surface area contributed by atoms with Crippen molar-refractivity contribution in [2.45, 2.75) is 38.9 Å². The molecule has 0 fully saturated rings. The summed E-state index contributed by atoms with van der Waals surface area (Å²) in [4.78, 5) is 27.1. The molecule has 46 heavy (non-hydrogen) atoms. The van der Waals surface area contributed by atoms with Gasteiger partial charge >= 0.3 is 0 Å². The first-order valence-corrected chi connectivity index (χ1v) is 15.5. The van der Waals surface area contributed by atoms with Crippen LogP contribution in [-0.2, 0) is 11.3 Å². The minimum atomic E-state index is -0.720. The molecule has 8 heteroatoms. The van der Waals surface area contributed by atoms with Crippen molar-refractivity contribution in [1.82, 2.24) is 10.6 Å². The SMILES string of the molecule is CCC(NCc1ccccc1F)C(=O)NC(=O)c1ccc(-c2ccccc2)cc1-c1ccc(Cl)cc1Oc1cccc([C@H](C)N)c1. The van der Waals surface area contributed by atoms with Gasteiger partial charge in [-0.05, 0) is 78.1 Å². The van der Waals surface area contributed by atoms with Crippen LogP contribution in [0.15, 0.2) is 115 Å². The van der Waals surface area contributed by atoms with E-state index in [1.807, 2.05) is 80.6 Å². The first-order valence-electron chi connectivity index (χ1n) is 15.1. The van der Waals surface area contributed by atoms with Crippen molar-refractivity contribution in [2.75, 3.05) is 0 Å². The number of amides is 2. The Morgan fingerprint density at radius 3 is 2.35 bits per heavy atom. The van der Waals surface area contributed by atoms with Gasteiger partial charge in [0.2, 0.25) is 5.91 Å². The van der Waals surface area contributed by atoms with E-state index in [-0.39, 0.29) is 24.0 Å². The molecular weight excluding hydrogens is 601 g/mol. The highest BCUT2D eigenvalue weighted by Gasteiger charge is 2.23. The third kappa shape index (κ3) is 7.87. The van der Waals surface area contributed by atoms with E-state index in [1.54, 1.807) is 42.5 Å². The lowest BCUT2D eigenvalue weighted by molar-refractivity contribution is -0.122. The highest BCUT2D eigenvalue weighted by Crippen LogP contribution is 2.39. The Morgan fingerprint density at radius 1 is 0.848 bits per heavy atom. The van der Waals surface area contributed by atoms with Crippen LogP contribution in [0, 0.1) is 5.82 Å². The number of hydrogen-bond acceptors (Lipinski definition) is 5. The molecule has 5 aromatic rings. The van der Waals surface area contributed by atoms with Gasteiger partial charge in [-0.25, -0.2) is 4.39 Å². The summed E-state index contributed by atoms with van der Waals surface area (Å²) >= 11 is 6.43. The number of imide groups is 1. The summed E-state index contributed by atoms with van der Waals surface area (Å²) < 4.78 is 20.5. The van der Waals surface area contributed by atoms with Crippen molar-refractivity contribution in [3.8, 4) is 33.8 Å². The highest BCUT2D eigenvalue weighted by atomic mass is 35.5. The molecule has 5 rings (SSSR count). The molecule has 0 aliphatic carbocycles. The maximum atomic E-state index is 14.2. The lowest BCUT2D eigenvalue weighted by Gasteiger charge is -2.19. The maximum Gasteiger partial charge on any atom is 0.258 e. The lowest BCUT2D eigenvalue weighted by atomic mass is 9.93. The molecule has 0 radical (unpaired) electrons. The lowest BCUT2D eigenvalue weighted by Crippen LogP contribution is -2.45. The maximum absolute atomic E-state index is 14.2. The summed E-state index contributed by atoms with van der Waals surface area (Å²) in [7, 11) is 0. The van der Waals surface area contributed by atoms with E-state index in [2.05, 4.69) is 10.6 Å². The van der Waals surface area contributed by atoms with Gasteiger partial charge in [-0.3, -0.25) is 14.9 Å². The predicted molar refractivity (Wildman–Crippen MR) is 181 cm³/mol. The molecule has 5 aromatic carbocycles. The summed E-state index contributed by atoms with van der Waals surface area (Å²) in [5.41, 5.74) is 10.7. The summed E-state index contributed by atoms with van der Waals surface area (Å²) in [5.74, 6) is -0.467. The number of carbonyl (C=O) groups excluding carboxylic acids is 2. The van der Waals surface area contributed by atoms with Gasteiger partial charge in [-0.2, -0.15) is 0 Å². The fourth-order valence-electron chi connectivity index (χ4n) is 5.13. The Balaban J connectivity index is 1.50. The van der Waals surface area contributed by atoms with Gasteiger partial charge in [-0.15, -0.1) is 0 Å². The standard InChI is InChI=1S/C38H35ClFN3O3/c1-3-35(42-23-28-12-7-8-15-34(28)40)38(45)43-37(44)32-18-16-27(25-10-5-4-6-11-25)21-33(32)31-19-17-29(39)22-36(31)46-30-14-9-13-26(20-30)24(2)41/h4-22,24,35,42H,3,23,41H2,1-2H3,(H,43,44,45)/t24-,35?/m0/s1. The van der Waals surface area contributed by atoms with Crippen LogP contribution in [0.3, 0.4) is 0 Å². The van der Waals surface area contributed by atoms with Gasteiger partial charge in [-0.1, -0.05) is 85.3 Å². The normalized spacial score (nSPS) is 12.3. The highest BCUT2D eigenvalue weighted by molar-refractivity contribution is 6.30. The van der Waals surface area contributed by atoms with Crippen LogP contribution in [0.25, 0.3) is 22.3 Å². The quantitative estimate of drug-likeness (QED) is 0.135. The van der Waals surface area contributed by atoms with Crippen LogP contribution >= 0.6 is 11.6 Å². The van der Waals surface area contributed by atoms with Crippen LogP contribution in [0.1, 0.15) is 47.8 Å². The van der Waals surface area contributed by atoms with Crippen LogP contribution in [0.5, 0.6) is 11.5 Å². The number of halogens is 2. The first-order chi connectivity index (χ1) is 22.2. The van der Waals surface area contributed by atoms with Crippen molar-refractivity contribution in [2.24, 2.45) is 5.73 Å². The Morgan fingerprint density at radius 2 is 1.61 bits per heavy atom. The third-order valence-corrected chi connectivity index (χ3v) is 7.91. The topological polar surface area (TPSA) is 93.5 Å². The second-order valence-corrected chi connectivity index (χ2v) is 11.4. The summed E-state index contributed by atoms with van der Waals surface area (Å²) in [6, 6.07) is 33.3. The molecule has 4 N–H and O–H groups in total. The minimum Gasteiger partial charge on any atom is -0.457 e. The van der Waals surface area contributed by atoms with Crippen molar-refractivity contribution >= 4 is 23.4 Å². The van der Waals surface area contributed by atoms with Gasteiger partial charge in [0.05, 0.1) is 6.04 Å². The molecule has 0 spiro atoms. The second-order valence-electron chi connectivity index (χ2n) is 11.0. The van der Waals surface area contributed by atoms with Crippen molar-refractivity contribution in [3.63, 3.8) is 0 Å². The van der Waals surface area contributed by atoms with Gasteiger partial charge in [0, 0.05) is 40.4 Å². The molecule has 234 valence electrons. The van der Waals surface area contributed by atoms with Crippen LogP contribution in [0.4, 0.5) is 4.39 Å². The first kappa shape index (κ1) is 32.6. The Kier molecular flexibility index (Phi) is 10.6. The van der Waals surface area contributed by atoms with E-state index >= 15 is 0 Å². The molecule has 0 aromatic heterocycles. The molecule has 0 bridgehead atoms. The average molecular weight is 636 g/mol. The molecule has 0 aliphatic rings. The number of benzene rings is 5. The summed E-state index contributed by atoms with van der Waals surface area (Å²) in [6.45, 7) is 3.85. The second kappa shape index (κ2) is 15.0. The third-order valence-electron chi connectivity index (χ3n) is 7.68. The monoisotopic (exact) mass is 635 g/mol. The fraction of sp³-hybridized carbons (Fsp3) is 0.158. The van der Waals surface area contributed by atoms with Gasteiger partial charge in [0.1, 0.15) is 17.3 Å². The zero-order valence-electron chi connectivity index (χ0n) is 25.6. The molecule has 0 aliphatic heterocycles. The van der Waals surface area contributed by atoms with E-state index in [9.17, 15) is 14.0 Å². The molecule has 0 saturated carbocycles. The van der Waals surface area contributed by atoms with E-state index in [0.29, 0.717) is 39.6 Å². The Hall–Kier alpha value is -4.82. The number of carbonyl (C=O) groups is 2. The van der Waals surface area contributed by atoms with Crippen molar-refractivity contribution in [1.29, 1.82) is 0 Å². The number of nitrogens with two attached hydrogens (primary N) is 1. The van der Waals surface area contributed by atoms with Crippen molar-refractivity contribution in [3.05, 3.63) is 143 Å². The van der Waals surface area contributed by atoms with E-state index in [0.717, 1.165) is 16.7 Å². The van der Waals surface area contributed by atoms with E-state index in [1.165, 1.54) is 6.07 Å². The fourth-order valence-corrected chi connectivity index (χ4v) is 5.29. The number of hydrogen-bond donors (Lipinski definition) is 3. The number of rotatable bonds is 11. The molecule has 0 heterocycles. The Labute approximate surface area is 273 Å². The zero-order valence-corrected chi connectivity index (χ0v) is 26.4. The largest absolute Gasteiger partial charge is 0.457 e. The van der Waals surface area contributed by atoms with Gasteiger partial charge < -0.3 is 15.8 Å². The molecule has 0 saturated heterocycles.